The van der Waals surface area contributed by atoms with Gasteiger partial charge in [0.25, 0.3) is 5.91 Å². The Bertz CT molecular complexity index is 969. The molecule has 2 aromatic heterocycles. The first-order chi connectivity index (χ1) is 12.6. The normalized spacial score (nSPS) is 10.7. The Morgan fingerprint density at radius 1 is 1.19 bits per heavy atom. The Morgan fingerprint density at radius 3 is 2.69 bits per heavy atom. The molecule has 0 unspecified atom stereocenters. The lowest BCUT2D eigenvalue weighted by Gasteiger charge is -2.13. The number of anilines is 1. The number of nitrogen functional groups attached to an aromatic ring is 1. The van der Waals surface area contributed by atoms with Crippen LogP contribution in [-0.4, -0.2) is 29.5 Å². The summed E-state index contributed by atoms with van der Waals surface area (Å²) in [5, 5.41) is 4.50. The number of carbonyl (C=O) groups excluding carboxylic acids is 1. The highest BCUT2D eigenvalue weighted by Crippen LogP contribution is 2.33. The minimum absolute atomic E-state index is 0.251. The minimum atomic E-state index is -0.251. The molecular weight excluding hydrogens is 328 g/mol. The molecule has 3 aromatic rings. The van der Waals surface area contributed by atoms with Crippen molar-refractivity contribution in [2.45, 2.75) is 20.3 Å². The topological polar surface area (TPSA) is 90.1 Å². The van der Waals surface area contributed by atoms with Crippen LogP contribution in [0.1, 0.15) is 29.5 Å². The van der Waals surface area contributed by atoms with E-state index < -0.39 is 0 Å². The maximum Gasteiger partial charge on any atom is 0.272 e. The largest absolute Gasteiger partial charge is 0.481 e. The van der Waals surface area contributed by atoms with E-state index in [-0.39, 0.29) is 11.6 Å². The van der Waals surface area contributed by atoms with E-state index in [9.17, 15) is 4.79 Å². The molecule has 0 bridgehead atoms. The third kappa shape index (κ3) is 3.18. The average Bonchev–Trinajstić information content (AvgIpc) is 2.66. The second kappa shape index (κ2) is 7.39. The smallest absolute Gasteiger partial charge is 0.272 e. The lowest BCUT2D eigenvalue weighted by molar-refractivity contribution is 0.0950. The molecule has 134 valence electrons. The molecule has 0 radical (unpaired) electrons. The minimum Gasteiger partial charge on any atom is -0.481 e. The number of amides is 1. The Hall–Kier alpha value is -3.15. The van der Waals surface area contributed by atoms with Gasteiger partial charge in [-0.2, -0.15) is 0 Å². The van der Waals surface area contributed by atoms with Gasteiger partial charge in [-0.15, -0.1) is 0 Å². The van der Waals surface area contributed by atoms with Gasteiger partial charge >= 0.3 is 0 Å². The Morgan fingerprint density at radius 2 is 2.00 bits per heavy atom. The van der Waals surface area contributed by atoms with Gasteiger partial charge in [-0.05, 0) is 25.0 Å². The number of nitrogens with two attached hydrogens (primary N) is 1. The summed E-state index contributed by atoms with van der Waals surface area (Å²) >= 11 is 0. The van der Waals surface area contributed by atoms with E-state index in [2.05, 4.69) is 15.3 Å². The van der Waals surface area contributed by atoms with Crippen LogP contribution in [0, 0.1) is 6.92 Å². The zero-order chi connectivity index (χ0) is 18.7. The number of methoxy groups -OCH3 is 1. The van der Waals surface area contributed by atoms with Crippen molar-refractivity contribution in [3.05, 3.63) is 47.9 Å². The zero-order valence-corrected chi connectivity index (χ0v) is 15.2. The molecule has 6 nitrogen and oxygen atoms in total. The summed E-state index contributed by atoms with van der Waals surface area (Å²) in [6, 6.07) is 9.61. The van der Waals surface area contributed by atoms with E-state index in [1.54, 1.807) is 13.3 Å². The van der Waals surface area contributed by atoms with E-state index in [1.165, 1.54) is 0 Å². The van der Waals surface area contributed by atoms with Crippen molar-refractivity contribution in [2.75, 3.05) is 19.4 Å². The fourth-order valence-corrected chi connectivity index (χ4v) is 2.94. The highest BCUT2D eigenvalue weighted by molar-refractivity contribution is 6.09. The van der Waals surface area contributed by atoms with Crippen LogP contribution in [0.5, 0.6) is 5.88 Å². The number of carbonyl (C=O) groups is 1. The maximum atomic E-state index is 12.3. The van der Waals surface area contributed by atoms with Crippen LogP contribution < -0.4 is 15.8 Å². The van der Waals surface area contributed by atoms with E-state index in [4.69, 9.17) is 10.5 Å². The van der Waals surface area contributed by atoms with Crippen molar-refractivity contribution in [3.8, 4) is 17.0 Å². The fraction of sp³-hybridized carbons (Fsp3) is 0.250. The summed E-state index contributed by atoms with van der Waals surface area (Å²) in [6.45, 7) is 4.52. The summed E-state index contributed by atoms with van der Waals surface area (Å²) in [4.78, 5) is 21.0. The Labute approximate surface area is 152 Å². The van der Waals surface area contributed by atoms with Gasteiger partial charge < -0.3 is 15.8 Å². The standard InChI is InChI=1S/C20H22N4O2/c1-4-10-22-20(25)19-18(21)15-7-5-6-14(16(15)11-23-19)13-8-9-17(26-3)24-12(13)2/h5-9,11H,4,10,21H2,1-3H3,(H,22,25). The first-order valence-electron chi connectivity index (χ1n) is 8.54. The number of pyridine rings is 2. The molecule has 1 aromatic carbocycles. The van der Waals surface area contributed by atoms with E-state index in [1.807, 2.05) is 44.2 Å². The summed E-state index contributed by atoms with van der Waals surface area (Å²) in [6.07, 6.45) is 2.55. The SMILES string of the molecule is CCCNC(=O)c1ncc2c(-c3ccc(OC)nc3C)cccc2c1N. The molecule has 0 atom stereocenters. The second-order valence-corrected chi connectivity index (χ2v) is 6.03. The van der Waals surface area contributed by atoms with Gasteiger partial charge in [0.2, 0.25) is 5.88 Å². The van der Waals surface area contributed by atoms with Gasteiger partial charge in [0.1, 0.15) is 0 Å². The van der Waals surface area contributed by atoms with Crippen LogP contribution in [0.2, 0.25) is 0 Å². The average molecular weight is 350 g/mol. The van der Waals surface area contributed by atoms with Crippen LogP contribution >= 0.6 is 0 Å². The van der Waals surface area contributed by atoms with Crippen molar-refractivity contribution in [1.29, 1.82) is 0 Å². The van der Waals surface area contributed by atoms with Gasteiger partial charge in [0, 0.05) is 40.8 Å². The molecule has 3 N–H and O–H groups in total. The lowest BCUT2D eigenvalue weighted by atomic mass is 9.97. The van der Waals surface area contributed by atoms with Crippen LogP contribution in [0.4, 0.5) is 5.69 Å². The predicted molar refractivity (Wildman–Crippen MR) is 103 cm³/mol. The quantitative estimate of drug-likeness (QED) is 0.736. The number of aromatic nitrogens is 2. The number of nitrogens with zero attached hydrogens (tertiary/aromatic N) is 2. The lowest BCUT2D eigenvalue weighted by Crippen LogP contribution is -2.26. The van der Waals surface area contributed by atoms with Crippen LogP contribution in [0.15, 0.2) is 36.5 Å². The molecule has 0 aliphatic rings. The molecule has 3 rings (SSSR count). The number of nitrogens with one attached hydrogen (secondary N) is 1. The van der Waals surface area contributed by atoms with Crippen LogP contribution in [0.25, 0.3) is 21.9 Å². The number of ether oxygens (including phenoxy) is 1. The van der Waals surface area contributed by atoms with Crippen molar-refractivity contribution in [2.24, 2.45) is 0 Å². The summed E-state index contributed by atoms with van der Waals surface area (Å²) in [7, 11) is 1.59. The first-order valence-corrected chi connectivity index (χ1v) is 8.54. The molecule has 0 aliphatic carbocycles. The molecule has 0 spiro atoms. The van der Waals surface area contributed by atoms with Gasteiger partial charge in [-0.25, -0.2) is 9.97 Å². The second-order valence-electron chi connectivity index (χ2n) is 6.03. The van der Waals surface area contributed by atoms with Gasteiger partial charge in [-0.1, -0.05) is 25.1 Å². The van der Waals surface area contributed by atoms with Crippen molar-refractivity contribution in [1.82, 2.24) is 15.3 Å². The molecular formula is C20H22N4O2. The van der Waals surface area contributed by atoms with Gasteiger partial charge in [0.05, 0.1) is 12.8 Å². The molecule has 0 fully saturated rings. The number of hydrogen-bond donors (Lipinski definition) is 2. The number of benzene rings is 1. The Kier molecular flexibility index (Phi) is 5.02. The number of fused-ring (bicyclic) bond motifs is 1. The monoisotopic (exact) mass is 350 g/mol. The highest BCUT2D eigenvalue weighted by atomic mass is 16.5. The molecule has 2 heterocycles. The van der Waals surface area contributed by atoms with Gasteiger partial charge in [0.15, 0.2) is 5.69 Å². The van der Waals surface area contributed by atoms with Crippen molar-refractivity contribution >= 4 is 22.4 Å². The highest BCUT2D eigenvalue weighted by Gasteiger charge is 2.16. The molecule has 6 heteroatoms. The van der Waals surface area contributed by atoms with Crippen LogP contribution in [0.3, 0.4) is 0 Å². The van der Waals surface area contributed by atoms with Crippen molar-refractivity contribution < 1.29 is 9.53 Å². The molecule has 0 aliphatic heterocycles. The fourth-order valence-electron chi connectivity index (χ4n) is 2.94. The molecule has 0 saturated carbocycles. The molecule has 0 saturated heterocycles. The number of aryl methyl sites for hydroxylation is 1. The molecule has 26 heavy (non-hydrogen) atoms. The number of hydrogen-bond acceptors (Lipinski definition) is 5. The third-order valence-corrected chi connectivity index (χ3v) is 4.28. The Balaban J connectivity index is 2.12. The summed E-state index contributed by atoms with van der Waals surface area (Å²) < 4.78 is 5.18. The van der Waals surface area contributed by atoms with Crippen LogP contribution in [-0.2, 0) is 0 Å². The maximum absolute atomic E-state index is 12.3. The van der Waals surface area contributed by atoms with E-state index >= 15 is 0 Å². The third-order valence-electron chi connectivity index (χ3n) is 4.28. The van der Waals surface area contributed by atoms with E-state index in [0.29, 0.717) is 18.1 Å². The first kappa shape index (κ1) is 17.7. The predicted octanol–water partition coefficient (Wildman–Crippen LogP) is 3.34. The number of rotatable bonds is 5. The summed E-state index contributed by atoms with van der Waals surface area (Å²) in [5.74, 6) is 0.318. The zero-order valence-electron chi connectivity index (χ0n) is 15.2. The van der Waals surface area contributed by atoms with Crippen molar-refractivity contribution in [3.63, 3.8) is 0 Å². The molecule has 1 amide bonds. The summed E-state index contributed by atoms with van der Waals surface area (Å²) in [5.41, 5.74) is 9.69. The van der Waals surface area contributed by atoms with E-state index in [0.717, 1.165) is 34.0 Å². The van der Waals surface area contributed by atoms with Gasteiger partial charge in [-0.3, -0.25) is 4.79 Å².